The van der Waals surface area contributed by atoms with Crippen molar-refractivity contribution in [1.82, 2.24) is 10.6 Å². The minimum atomic E-state index is 0.210. The van der Waals surface area contributed by atoms with Crippen molar-refractivity contribution in [3.8, 4) is 0 Å². The summed E-state index contributed by atoms with van der Waals surface area (Å²) >= 11 is 0. The lowest BCUT2D eigenvalue weighted by atomic mass is 10.2. The quantitative estimate of drug-likeness (QED) is 0.519. The Morgan fingerprint density at radius 3 is 2.78 bits per heavy atom. The maximum Gasteiger partial charge on any atom is 0.143 e. The van der Waals surface area contributed by atoms with Gasteiger partial charge in [-0.25, -0.2) is 0 Å². The Labute approximate surface area is 54.8 Å². The molecule has 1 aliphatic heterocycles. The smallest absolute Gasteiger partial charge is 0.143 e. The molecule has 0 aromatic carbocycles. The predicted molar refractivity (Wildman–Crippen MR) is 35.3 cm³/mol. The molecule has 52 valence electrons. The first-order chi connectivity index (χ1) is 4.29. The average molecular weight is 128 g/mol. The molecule has 1 aliphatic rings. The number of hydrogen-bond donors (Lipinski definition) is 2. The molecule has 3 nitrogen and oxygen atoms in total. The molecule has 0 saturated carbocycles. The molecular formula is C6H12N2O. The lowest BCUT2D eigenvalue weighted by Gasteiger charge is -2.27. The second kappa shape index (κ2) is 2.94. The van der Waals surface area contributed by atoms with Crippen molar-refractivity contribution < 1.29 is 4.79 Å². The summed E-state index contributed by atoms with van der Waals surface area (Å²) in [4.78, 5) is 10.4. The Bertz CT molecular complexity index is 110. The summed E-state index contributed by atoms with van der Waals surface area (Å²) in [5.74, 6) is 0.210. The van der Waals surface area contributed by atoms with Crippen molar-refractivity contribution in [2.24, 2.45) is 0 Å². The average Bonchev–Trinajstić information content (AvgIpc) is 1.60. The van der Waals surface area contributed by atoms with E-state index in [9.17, 15) is 4.79 Å². The van der Waals surface area contributed by atoms with Crippen molar-refractivity contribution in [3.05, 3.63) is 0 Å². The van der Waals surface area contributed by atoms with E-state index in [0.717, 1.165) is 13.1 Å². The van der Waals surface area contributed by atoms with Gasteiger partial charge in [-0.3, -0.25) is 4.79 Å². The normalized spacial score (nSPS) is 19.2. The van der Waals surface area contributed by atoms with Crippen molar-refractivity contribution in [3.63, 3.8) is 0 Å². The SMILES string of the molecule is CC(=O)CNC1CNC1. The van der Waals surface area contributed by atoms with E-state index in [2.05, 4.69) is 10.6 Å². The van der Waals surface area contributed by atoms with Crippen molar-refractivity contribution in [1.29, 1.82) is 0 Å². The molecule has 1 heterocycles. The largest absolute Gasteiger partial charge is 0.314 e. The Kier molecular flexibility index (Phi) is 2.19. The summed E-state index contributed by atoms with van der Waals surface area (Å²) < 4.78 is 0. The number of ketones is 1. The molecule has 1 saturated heterocycles. The Balaban J connectivity index is 1.97. The monoisotopic (exact) mass is 128 g/mol. The minimum Gasteiger partial charge on any atom is -0.314 e. The molecule has 0 aromatic rings. The van der Waals surface area contributed by atoms with Gasteiger partial charge in [0.1, 0.15) is 5.78 Å². The maximum absolute atomic E-state index is 10.4. The second-order valence-electron chi connectivity index (χ2n) is 2.44. The first-order valence-corrected chi connectivity index (χ1v) is 3.22. The summed E-state index contributed by atoms with van der Waals surface area (Å²) in [6.45, 7) is 4.13. The van der Waals surface area contributed by atoms with Crippen LogP contribution in [0.3, 0.4) is 0 Å². The summed E-state index contributed by atoms with van der Waals surface area (Å²) in [6, 6.07) is 0.536. The molecule has 2 N–H and O–H groups in total. The third-order valence-corrected chi connectivity index (χ3v) is 1.42. The van der Waals surface area contributed by atoms with E-state index in [1.165, 1.54) is 0 Å². The van der Waals surface area contributed by atoms with Gasteiger partial charge in [0.25, 0.3) is 0 Å². The van der Waals surface area contributed by atoms with Crippen LogP contribution in [0.1, 0.15) is 6.92 Å². The molecule has 0 bridgehead atoms. The molecule has 0 radical (unpaired) electrons. The number of nitrogens with one attached hydrogen (secondary N) is 2. The topological polar surface area (TPSA) is 41.1 Å². The van der Waals surface area contributed by atoms with Crippen LogP contribution >= 0.6 is 0 Å². The zero-order valence-electron chi connectivity index (χ0n) is 5.61. The van der Waals surface area contributed by atoms with Crippen LogP contribution in [0, 0.1) is 0 Å². The van der Waals surface area contributed by atoms with Crippen LogP contribution in [-0.4, -0.2) is 31.5 Å². The highest BCUT2D eigenvalue weighted by atomic mass is 16.1. The van der Waals surface area contributed by atoms with E-state index in [1.54, 1.807) is 6.92 Å². The molecule has 0 aromatic heterocycles. The van der Waals surface area contributed by atoms with Crippen molar-refractivity contribution in [2.75, 3.05) is 19.6 Å². The highest BCUT2D eigenvalue weighted by molar-refractivity contribution is 5.77. The molecule has 0 atom stereocenters. The summed E-state index contributed by atoms with van der Waals surface area (Å²) in [6.07, 6.45) is 0. The van der Waals surface area contributed by atoms with Crippen LogP contribution in [0.25, 0.3) is 0 Å². The lowest BCUT2D eigenvalue weighted by Crippen LogP contribution is -2.56. The first kappa shape index (κ1) is 6.71. The molecule has 0 aliphatic carbocycles. The van der Waals surface area contributed by atoms with E-state index < -0.39 is 0 Å². The van der Waals surface area contributed by atoms with E-state index in [-0.39, 0.29) is 5.78 Å². The van der Waals surface area contributed by atoms with E-state index in [0.29, 0.717) is 12.6 Å². The van der Waals surface area contributed by atoms with Gasteiger partial charge in [0.05, 0.1) is 6.54 Å². The van der Waals surface area contributed by atoms with Gasteiger partial charge in [0.2, 0.25) is 0 Å². The number of hydrogen-bond acceptors (Lipinski definition) is 3. The van der Waals surface area contributed by atoms with Gasteiger partial charge in [-0.2, -0.15) is 0 Å². The number of carbonyl (C=O) groups excluding carboxylic acids is 1. The molecule has 1 fully saturated rings. The van der Waals surface area contributed by atoms with Gasteiger partial charge in [-0.1, -0.05) is 0 Å². The van der Waals surface area contributed by atoms with E-state index in [4.69, 9.17) is 0 Å². The van der Waals surface area contributed by atoms with Crippen LogP contribution in [0.15, 0.2) is 0 Å². The highest BCUT2D eigenvalue weighted by Crippen LogP contribution is 1.88. The summed E-state index contributed by atoms with van der Waals surface area (Å²) in [7, 11) is 0. The number of carbonyl (C=O) groups is 1. The Morgan fingerprint density at radius 2 is 2.44 bits per heavy atom. The molecule has 0 amide bonds. The Hall–Kier alpha value is -0.410. The van der Waals surface area contributed by atoms with Gasteiger partial charge >= 0.3 is 0 Å². The summed E-state index contributed by atoms with van der Waals surface area (Å²) in [5, 5.41) is 6.22. The molecule has 0 unspecified atom stereocenters. The van der Waals surface area contributed by atoms with Crippen LogP contribution < -0.4 is 10.6 Å². The third-order valence-electron chi connectivity index (χ3n) is 1.42. The Morgan fingerprint density at radius 1 is 1.78 bits per heavy atom. The molecular weight excluding hydrogens is 116 g/mol. The van der Waals surface area contributed by atoms with E-state index in [1.807, 2.05) is 0 Å². The van der Waals surface area contributed by atoms with Crippen molar-refractivity contribution in [2.45, 2.75) is 13.0 Å². The number of Topliss-reactive ketones (excluding diaryl/α,β-unsaturated/α-hetero) is 1. The zero-order chi connectivity index (χ0) is 6.69. The molecule has 3 heteroatoms. The van der Waals surface area contributed by atoms with Crippen LogP contribution in [0.2, 0.25) is 0 Å². The minimum absolute atomic E-state index is 0.210. The standard InChI is InChI=1S/C6H12N2O/c1-5(9)2-8-6-3-7-4-6/h6-8H,2-4H2,1H3. The first-order valence-electron chi connectivity index (χ1n) is 3.22. The van der Waals surface area contributed by atoms with Gasteiger partial charge in [-0.05, 0) is 6.92 Å². The fourth-order valence-corrected chi connectivity index (χ4v) is 0.721. The van der Waals surface area contributed by atoms with Gasteiger partial charge in [0, 0.05) is 19.1 Å². The van der Waals surface area contributed by atoms with Crippen molar-refractivity contribution >= 4 is 5.78 Å². The fraction of sp³-hybridized carbons (Fsp3) is 0.833. The fourth-order valence-electron chi connectivity index (χ4n) is 0.721. The third kappa shape index (κ3) is 2.11. The van der Waals surface area contributed by atoms with E-state index >= 15 is 0 Å². The highest BCUT2D eigenvalue weighted by Gasteiger charge is 2.15. The second-order valence-corrected chi connectivity index (χ2v) is 2.44. The van der Waals surface area contributed by atoms with Crippen LogP contribution in [0.4, 0.5) is 0 Å². The van der Waals surface area contributed by atoms with Crippen LogP contribution in [0.5, 0.6) is 0 Å². The van der Waals surface area contributed by atoms with Crippen LogP contribution in [-0.2, 0) is 4.79 Å². The molecule has 9 heavy (non-hydrogen) atoms. The van der Waals surface area contributed by atoms with Gasteiger partial charge in [-0.15, -0.1) is 0 Å². The molecule has 0 spiro atoms. The zero-order valence-corrected chi connectivity index (χ0v) is 5.61. The molecule has 1 rings (SSSR count). The number of rotatable bonds is 3. The lowest BCUT2D eigenvalue weighted by molar-refractivity contribution is -0.116. The predicted octanol–water partition coefficient (Wildman–Crippen LogP) is -0.863. The van der Waals surface area contributed by atoms with Gasteiger partial charge in [0.15, 0.2) is 0 Å². The van der Waals surface area contributed by atoms with Gasteiger partial charge < -0.3 is 10.6 Å². The summed E-state index contributed by atoms with van der Waals surface area (Å²) in [5.41, 5.74) is 0. The maximum atomic E-state index is 10.4.